The molecule has 14 nitrogen and oxygen atoms in total. The Morgan fingerprint density at radius 2 is 1.63 bits per heavy atom. The fourth-order valence-corrected chi connectivity index (χ4v) is 6.22. The van der Waals surface area contributed by atoms with Crippen molar-refractivity contribution in [2.75, 3.05) is 27.2 Å². The molecule has 0 aromatic rings. The van der Waals surface area contributed by atoms with E-state index in [2.05, 4.69) is 28.2 Å². The third-order valence-corrected chi connectivity index (χ3v) is 9.45. The Morgan fingerprint density at radius 1 is 1.00 bits per heavy atom. The molecule has 0 aliphatic heterocycles. The van der Waals surface area contributed by atoms with E-state index in [1.54, 1.807) is 14.0 Å². The highest BCUT2D eigenvalue weighted by atomic mass is 19.3. The number of aliphatic hydroxyl groups excluding tert-OH is 1. The molecular formula is C35H62F2N6O8. The monoisotopic (exact) mass is 732 g/mol. The molecule has 0 bridgehead atoms. The van der Waals surface area contributed by atoms with Gasteiger partial charge in [0.2, 0.25) is 29.6 Å². The van der Waals surface area contributed by atoms with Gasteiger partial charge in [-0.2, -0.15) is 0 Å². The zero-order valence-electron chi connectivity index (χ0n) is 31.3. The highest BCUT2D eigenvalue weighted by molar-refractivity contribution is 5.94. The van der Waals surface area contributed by atoms with Crippen LogP contribution in [-0.4, -0.2) is 115 Å². The first-order valence-electron chi connectivity index (χ1n) is 18.2. The number of esters is 1. The van der Waals surface area contributed by atoms with E-state index in [0.717, 1.165) is 25.5 Å². The van der Waals surface area contributed by atoms with Gasteiger partial charge in [-0.15, -0.1) is 0 Å². The van der Waals surface area contributed by atoms with Gasteiger partial charge in [0.05, 0.1) is 24.1 Å². The molecule has 0 saturated heterocycles. The summed E-state index contributed by atoms with van der Waals surface area (Å²) >= 11 is 0. The topological polar surface area (TPSA) is 209 Å². The highest BCUT2D eigenvalue weighted by Crippen LogP contribution is 2.37. The summed E-state index contributed by atoms with van der Waals surface area (Å²) in [5, 5.41) is 20.3. The number of carbonyl (C=O) groups is 6. The third kappa shape index (κ3) is 15.5. The summed E-state index contributed by atoms with van der Waals surface area (Å²) in [6, 6.07) is -4.35. The number of nitrogens with zero attached hydrogens (tertiary/aromatic N) is 1. The molecule has 1 aliphatic rings. The van der Waals surface area contributed by atoms with Crippen molar-refractivity contribution < 1.29 is 47.4 Å². The lowest BCUT2D eigenvalue weighted by Gasteiger charge is -2.33. The molecule has 0 aromatic heterocycles. The minimum Gasteiger partial charge on any atom is -0.460 e. The van der Waals surface area contributed by atoms with Crippen molar-refractivity contribution in [1.82, 2.24) is 26.2 Å². The summed E-state index contributed by atoms with van der Waals surface area (Å²) in [7, 11) is 3.05. The number of halogens is 2. The number of alkyl halides is 2. The van der Waals surface area contributed by atoms with Crippen molar-refractivity contribution in [3.8, 4) is 0 Å². The Morgan fingerprint density at radius 3 is 2.14 bits per heavy atom. The van der Waals surface area contributed by atoms with E-state index in [-0.39, 0.29) is 50.0 Å². The van der Waals surface area contributed by atoms with Crippen LogP contribution in [0.4, 0.5) is 8.78 Å². The lowest BCUT2D eigenvalue weighted by atomic mass is 9.81. The van der Waals surface area contributed by atoms with E-state index in [1.165, 1.54) is 18.9 Å². The Kier molecular flexibility index (Phi) is 20.3. The average Bonchev–Trinajstić information content (AvgIpc) is 3.08. The quantitative estimate of drug-likeness (QED) is 0.0506. The maximum Gasteiger partial charge on any atom is 0.325 e. The summed E-state index contributed by atoms with van der Waals surface area (Å²) in [6.07, 6.45) is 2.34. The maximum absolute atomic E-state index is 13.7. The van der Waals surface area contributed by atoms with Gasteiger partial charge in [0, 0.05) is 26.4 Å². The molecule has 4 amide bonds. The lowest BCUT2D eigenvalue weighted by molar-refractivity contribution is -0.157. The molecule has 0 spiro atoms. The predicted molar refractivity (Wildman–Crippen MR) is 187 cm³/mol. The molecule has 7 atom stereocenters. The van der Waals surface area contributed by atoms with Gasteiger partial charge < -0.3 is 46.5 Å². The maximum atomic E-state index is 13.7. The summed E-state index contributed by atoms with van der Waals surface area (Å²) in [4.78, 5) is 78.6. The van der Waals surface area contributed by atoms with Gasteiger partial charge in [0.15, 0.2) is 0 Å². The van der Waals surface area contributed by atoms with Crippen LogP contribution in [0.3, 0.4) is 0 Å². The Hall–Kier alpha value is -3.24. The molecule has 7 N–H and O–H groups in total. The zero-order chi connectivity index (χ0) is 38.9. The number of aliphatic hydroxyl groups is 1. The van der Waals surface area contributed by atoms with Gasteiger partial charge in [0.25, 0.3) is 0 Å². The number of hydrogen-bond acceptors (Lipinski definition) is 10. The van der Waals surface area contributed by atoms with Crippen molar-refractivity contribution in [1.29, 1.82) is 0 Å². The van der Waals surface area contributed by atoms with Gasteiger partial charge in [-0.1, -0.05) is 47.0 Å². The molecule has 1 saturated carbocycles. The number of hydrogen-bond donors (Lipinski definition) is 6. The van der Waals surface area contributed by atoms with Gasteiger partial charge in [-0.25, -0.2) is 8.78 Å². The molecule has 0 aromatic carbocycles. The number of amides is 4. The van der Waals surface area contributed by atoms with Crippen molar-refractivity contribution in [2.24, 2.45) is 23.5 Å². The van der Waals surface area contributed by atoms with Crippen molar-refractivity contribution in [2.45, 2.75) is 141 Å². The van der Waals surface area contributed by atoms with E-state index in [4.69, 9.17) is 10.5 Å². The highest BCUT2D eigenvalue weighted by Gasteiger charge is 2.40. The summed E-state index contributed by atoms with van der Waals surface area (Å²) in [5.41, 5.74) is 5.75. The first-order chi connectivity index (χ1) is 23.9. The van der Waals surface area contributed by atoms with E-state index in [1.807, 2.05) is 13.8 Å². The summed E-state index contributed by atoms with van der Waals surface area (Å²) in [5.74, 6) is -7.39. The minimum atomic E-state index is -2.78. The van der Waals surface area contributed by atoms with Crippen LogP contribution in [0.1, 0.15) is 98.8 Å². The summed E-state index contributed by atoms with van der Waals surface area (Å²) < 4.78 is 33.0. The molecule has 1 fully saturated rings. The van der Waals surface area contributed by atoms with Gasteiger partial charge >= 0.3 is 5.97 Å². The van der Waals surface area contributed by atoms with Crippen LogP contribution in [-0.2, 0) is 33.5 Å². The number of nitrogens with two attached hydrogens (primary N) is 1. The zero-order valence-corrected chi connectivity index (χ0v) is 31.3. The predicted octanol–water partition coefficient (Wildman–Crippen LogP) is 1.42. The number of likely N-dealkylation sites (N-methyl/N-ethyl adjacent to an activating group) is 2. The Labute approximate surface area is 301 Å². The number of unbranched alkanes of at least 4 members (excludes halogenated alkanes) is 3. The second kappa shape index (κ2) is 22.6. The molecular weight excluding hydrogens is 670 g/mol. The molecule has 6 unspecified atom stereocenters. The molecule has 1 aliphatic carbocycles. The fourth-order valence-electron chi connectivity index (χ4n) is 6.22. The SMILES string of the molecule is CCCCCC[C@@H](OC(=O)CNC(=O)C(NC(=O)C(CN)NC(=O)C(NC)C1CCC(F)(F)CC1)C(C)O)C(C)C(=O)N(C)C(C=O)CC(C)C. The van der Waals surface area contributed by atoms with Crippen LogP contribution in [0.15, 0.2) is 0 Å². The normalized spacial score (nSPS) is 18.7. The van der Waals surface area contributed by atoms with Gasteiger partial charge in [-0.3, -0.25) is 24.0 Å². The Balaban J connectivity index is 2.90. The standard InChI is InChI=1S/C35H62F2N6O8/c1-8-9-10-11-12-27(22(4)34(50)43(7)25(20-44)17-21(2)3)51-28(46)19-40-32(48)29(23(5)45)42-31(47)26(18-38)41-33(49)30(39-6)24-13-15-35(36,37)16-14-24/h20-27,29-30,39,45H,8-19,38H2,1-7H3,(H,40,48)(H,41,49)(H,42,47)/t22?,23?,25?,26?,27-,29?,30?/m1/s1. The van der Waals surface area contributed by atoms with E-state index >= 15 is 0 Å². The molecule has 51 heavy (non-hydrogen) atoms. The van der Waals surface area contributed by atoms with Gasteiger partial charge in [-0.05, 0) is 57.9 Å². The largest absolute Gasteiger partial charge is 0.460 e. The molecule has 0 heterocycles. The van der Waals surface area contributed by atoms with E-state index in [0.29, 0.717) is 19.3 Å². The average molecular weight is 733 g/mol. The van der Waals surface area contributed by atoms with Crippen molar-refractivity contribution in [3.05, 3.63) is 0 Å². The smallest absolute Gasteiger partial charge is 0.325 e. The molecule has 0 radical (unpaired) electrons. The van der Waals surface area contributed by atoms with Crippen molar-refractivity contribution >= 4 is 35.9 Å². The number of aldehydes is 1. The van der Waals surface area contributed by atoms with E-state index in [9.17, 15) is 42.7 Å². The number of rotatable bonds is 23. The number of carbonyl (C=O) groups excluding carboxylic acids is 6. The van der Waals surface area contributed by atoms with Crippen LogP contribution < -0.4 is 27.0 Å². The lowest BCUT2D eigenvalue weighted by Crippen LogP contribution is -2.61. The van der Waals surface area contributed by atoms with Crippen LogP contribution in [0.5, 0.6) is 0 Å². The molecule has 294 valence electrons. The first-order valence-corrected chi connectivity index (χ1v) is 18.2. The van der Waals surface area contributed by atoms with Crippen LogP contribution in [0.25, 0.3) is 0 Å². The summed E-state index contributed by atoms with van der Waals surface area (Å²) in [6.45, 7) is 7.82. The second-order valence-corrected chi connectivity index (χ2v) is 14.1. The van der Waals surface area contributed by atoms with Gasteiger partial charge in [0.1, 0.15) is 31.0 Å². The van der Waals surface area contributed by atoms with Crippen LogP contribution >= 0.6 is 0 Å². The second-order valence-electron chi connectivity index (χ2n) is 14.1. The first kappa shape index (κ1) is 45.8. The molecule has 16 heteroatoms. The van der Waals surface area contributed by atoms with E-state index < -0.39 is 78.5 Å². The number of nitrogens with one attached hydrogen (secondary N) is 4. The molecule has 1 rings (SSSR count). The Bertz CT molecular complexity index is 1130. The van der Waals surface area contributed by atoms with Crippen LogP contribution in [0, 0.1) is 17.8 Å². The number of ether oxygens (including phenoxy) is 1. The minimum absolute atomic E-state index is 0.114. The third-order valence-electron chi connectivity index (χ3n) is 9.45. The van der Waals surface area contributed by atoms with Crippen LogP contribution in [0.2, 0.25) is 0 Å². The van der Waals surface area contributed by atoms with Crippen molar-refractivity contribution in [3.63, 3.8) is 0 Å². The fraction of sp³-hybridized carbons (Fsp3) is 0.829.